The maximum absolute atomic E-state index is 14.2. The van der Waals surface area contributed by atoms with Crippen LogP contribution in [-0.2, 0) is 4.74 Å². The first-order valence-corrected chi connectivity index (χ1v) is 10.3. The van der Waals surface area contributed by atoms with Crippen LogP contribution < -0.4 is 4.90 Å². The van der Waals surface area contributed by atoms with Gasteiger partial charge in [0.1, 0.15) is 22.4 Å². The van der Waals surface area contributed by atoms with Gasteiger partial charge in [0.05, 0.1) is 11.9 Å². The molecule has 3 aromatic rings. The fourth-order valence-electron chi connectivity index (χ4n) is 3.59. The van der Waals surface area contributed by atoms with E-state index in [1.165, 1.54) is 29.5 Å². The van der Waals surface area contributed by atoms with E-state index in [0.717, 1.165) is 18.4 Å². The summed E-state index contributed by atoms with van der Waals surface area (Å²) in [7, 11) is 0. The Bertz CT molecular complexity index is 1100. The molecule has 1 aliphatic carbocycles. The molecule has 0 aliphatic heterocycles. The van der Waals surface area contributed by atoms with Gasteiger partial charge in [-0.05, 0) is 70.2 Å². The van der Waals surface area contributed by atoms with Crippen LogP contribution in [0.3, 0.4) is 0 Å². The van der Waals surface area contributed by atoms with Gasteiger partial charge in [-0.25, -0.2) is 19.1 Å². The monoisotopic (exact) mass is 430 g/mol. The largest absolute Gasteiger partial charge is 0.443 e. The molecule has 6 nitrogen and oxygen atoms in total. The lowest BCUT2D eigenvalue weighted by atomic mass is 9.81. The Labute approximate surface area is 179 Å². The molecule has 1 amide bonds. The number of amides is 1. The van der Waals surface area contributed by atoms with Crippen molar-refractivity contribution in [3.8, 4) is 0 Å². The first kappa shape index (κ1) is 20.6. The molecule has 30 heavy (non-hydrogen) atoms. The Hall–Kier alpha value is -2.67. The Balaban J connectivity index is 1.91. The second-order valence-electron chi connectivity index (χ2n) is 8.70. The van der Waals surface area contributed by atoms with Crippen molar-refractivity contribution in [2.24, 2.45) is 0 Å². The van der Waals surface area contributed by atoms with E-state index in [1.807, 2.05) is 0 Å². The van der Waals surface area contributed by atoms with E-state index in [1.54, 1.807) is 44.5 Å². The molecular weight excluding hydrogens is 407 g/mol. The molecule has 0 bridgehead atoms. The predicted molar refractivity (Wildman–Crippen MR) is 114 cm³/mol. The number of fused-ring (bicyclic) bond motifs is 1. The van der Waals surface area contributed by atoms with Crippen molar-refractivity contribution in [3.63, 3.8) is 0 Å². The summed E-state index contributed by atoms with van der Waals surface area (Å²) in [4.78, 5) is 19.0. The molecule has 0 spiro atoms. The third-order valence-electron chi connectivity index (χ3n) is 5.08. The van der Waals surface area contributed by atoms with Crippen molar-refractivity contribution < 1.29 is 13.9 Å². The van der Waals surface area contributed by atoms with Crippen LogP contribution in [0.15, 0.2) is 30.5 Å². The van der Waals surface area contributed by atoms with Crippen LogP contribution in [0, 0.1) is 12.7 Å². The van der Waals surface area contributed by atoms with Crippen molar-refractivity contribution in [1.82, 2.24) is 14.6 Å². The van der Waals surface area contributed by atoms with Crippen molar-refractivity contribution in [2.45, 2.75) is 58.5 Å². The third kappa shape index (κ3) is 3.99. The van der Waals surface area contributed by atoms with Crippen molar-refractivity contribution in [1.29, 1.82) is 0 Å². The summed E-state index contributed by atoms with van der Waals surface area (Å²) in [5, 5.41) is 4.71. The van der Waals surface area contributed by atoms with Crippen LogP contribution >= 0.6 is 11.6 Å². The van der Waals surface area contributed by atoms with E-state index in [9.17, 15) is 9.18 Å². The number of rotatable bonds is 3. The minimum Gasteiger partial charge on any atom is -0.443 e. The van der Waals surface area contributed by atoms with E-state index in [0.29, 0.717) is 28.6 Å². The summed E-state index contributed by atoms with van der Waals surface area (Å²) < 4.78 is 21.4. The molecule has 0 radical (unpaired) electrons. The Morgan fingerprint density at radius 3 is 2.60 bits per heavy atom. The topological polar surface area (TPSA) is 59.7 Å². The quantitative estimate of drug-likeness (QED) is 0.466. The fourth-order valence-corrected chi connectivity index (χ4v) is 3.76. The first-order valence-electron chi connectivity index (χ1n) is 9.97. The van der Waals surface area contributed by atoms with Crippen LogP contribution in [0.25, 0.3) is 5.65 Å². The Morgan fingerprint density at radius 1 is 1.27 bits per heavy atom. The van der Waals surface area contributed by atoms with Crippen LogP contribution in [-0.4, -0.2) is 26.3 Å². The zero-order valence-corrected chi connectivity index (χ0v) is 18.2. The number of carbonyl (C=O) groups is 1. The van der Waals surface area contributed by atoms with Gasteiger partial charge in [-0.15, -0.1) is 0 Å². The highest BCUT2D eigenvalue weighted by Crippen LogP contribution is 2.39. The van der Waals surface area contributed by atoms with Crippen LogP contribution in [0.1, 0.15) is 57.1 Å². The number of hydrogen-bond donors (Lipinski definition) is 0. The highest BCUT2D eigenvalue weighted by molar-refractivity contribution is 6.29. The van der Waals surface area contributed by atoms with Crippen molar-refractivity contribution in [3.05, 3.63) is 52.6 Å². The molecule has 2 aromatic heterocycles. The van der Waals surface area contributed by atoms with E-state index < -0.39 is 17.5 Å². The Kier molecular flexibility index (Phi) is 5.18. The Morgan fingerprint density at radius 2 is 2.00 bits per heavy atom. The SMILES string of the molecule is Cc1cc(F)cc(N(C(=O)OC(C)(C)C)c2cc(Cl)nc3c(C4CCC4)cnn23)c1. The normalized spacial score (nSPS) is 14.6. The summed E-state index contributed by atoms with van der Waals surface area (Å²) in [6, 6.07) is 5.93. The second-order valence-corrected chi connectivity index (χ2v) is 9.09. The van der Waals surface area contributed by atoms with Crippen molar-refractivity contribution in [2.75, 3.05) is 4.90 Å². The number of halogens is 2. The zero-order chi connectivity index (χ0) is 21.6. The average molecular weight is 431 g/mol. The molecule has 1 aliphatic rings. The minimum absolute atomic E-state index is 0.222. The smallest absolute Gasteiger partial charge is 0.420 e. The van der Waals surface area contributed by atoms with Gasteiger partial charge in [-0.3, -0.25) is 0 Å². The lowest BCUT2D eigenvalue weighted by molar-refractivity contribution is 0.0597. The van der Waals surface area contributed by atoms with E-state index in [2.05, 4.69) is 10.1 Å². The van der Waals surface area contributed by atoms with Gasteiger partial charge >= 0.3 is 6.09 Å². The van der Waals surface area contributed by atoms with Gasteiger partial charge in [0.25, 0.3) is 0 Å². The van der Waals surface area contributed by atoms with E-state index >= 15 is 0 Å². The maximum atomic E-state index is 14.2. The molecule has 0 unspecified atom stereocenters. The van der Waals surface area contributed by atoms with Crippen LogP contribution in [0.5, 0.6) is 0 Å². The summed E-state index contributed by atoms with van der Waals surface area (Å²) in [5.74, 6) is 0.271. The second kappa shape index (κ2) is 7.54. The molecule has 0 atom stereocenters. The minimum atomic E-state index is -0.741. The molecule has 158 valence electrons. The van der Waals surface area contributed by atoms with Gasteiger partial charge in [0.2, 0.25) is 0 Å². The molecule has 8 heteroatoms. The van der Waals surface area contributed by atoms with Crippen LogP contribution in [0.2, 0.25) is 5.15 Å². The number of anilines is 2. The molecular formula is C22H24ClFN4O2. The molecule has 1 aromatic carbocycles. The number of aromatic nitrogens is 3. The molecule has 0 N–H and O–H groups in total. The standard InChI is InChI=1S/C22H24ClFN4O2/c1-13-8-15(24)10-16(9-13)27(21(29)30-22(2,3)4)19-11-18(23)26-20-17(12-25-28(19)20)14-6-5-7-14/h8-12,14H,5-7H2,1-4H3. The van der Waals surface area contributed by atoms with Gasteiger partial charge in [0, 0.05) is 11.6 Å². The van der Waals surface area contributed by atoms with Gasteiger partial charge in [-0.1, -0.05) is 18.0 Å². The highest BCUT2D eigenvalue weighted by atomic mass is 35.5. The molecule has 1 saturated carbocycles. The number of carbonyl (C=O) groups excluding carboxylic acids is 1. The average Bonchev–Trinajstić information content (AvgIpc) is 2.94. The predicted octanol–water partition coefficient (Wildman–Crippen LogP) is 6.17. The molecule has 2 heterocycles. The van der Waals surface area contributed by atoms with E-state index in [-0.39, 0.29) is 5.15 Å². The van der Waals surface area contributed by atoms with Gasteiger partial charge in [0.15, 0.2) is 5.65 Å². The van der Waals surface area contributed by atoms with E-state index in [4.69, 9.17) is 16.3 Å². The number of aryl methyl sites for hydroxylation is 1. The fraction of sp³-hybridized carbons (Fsp3) is 0.409. The summed E-state index contributed by atoms with van der Waals surface area (Å²) in [6.45, 7) is 7.09. The summed E-state index contributed by atoms with van der Waals surface area (Å²) >= 11 is 6.35. The third-order valence-corrected chi connectivity index (χ3v) is 5.28. The lowest BCUT2D eigenvalue weighted by Gasteiger charge is -2.28. The zero-order valence-electron chi connectivity index (χ0n) is 17.4. The number of benzene rings is 1. The van der Waals surface area contributed by atoms with Gasteiger partial charge in [-0.2, -0.15) is 9.61 Å². The van der Waals surface area contributed by atoms with Crippen molar-refractivity contribution >= 4 is 34.8 Å². The lowest BCUT2D eigenvalue weighted by Crippen LogP contribution is -2.35. The number of ether oxygens (including phenoxy) is 1. The highest BCUT2D eigenvalue weighted by Gasteiger charge is 2.30. The maximum Gasteiger partial charge on any atom is 0.420 e. The molecule has 1 fully saturated rings. The summed E-state index contributed by atoms with van der Waals surface area (Å²) in [5.41, 5.74) is 1.86. The summed E-state index contributed by atoms with van der Waals surface area (Å²) in [6.07, 6.45) is 4.43. The molecule has 0 saturated heterocycles. The van der Waals surface area contributed by atoms with Crippen LogP contribution in [0.4, 0.5) is 20.7 Å². The molecule has 4 rings (SSSR count). The number of hydrogen-bond acceptors (Lipinski definition) is 4. The number of nitrogens with zero attached hydrogens (tertiary/aromatic N) is 4. The first-order chi connectivity index (χ1) is 14.1. The van der Waals surface area contributed by atoms with Gasteiger partial charge < -0.3 is 4.74 Å².